The van der Waals surface area contributed by atoms with Crippen LogP contribution in [0.5, 0.6) is 0 Å². The maximum Gasteiger partial charge on any atom is 0.339 e. The van der Waals surface area contributed by atoms with Crippen molar-refractivity contribution in [2.24, 2.45) is 7.05 Å². The number of carboxylic acid groups (broad SMARTS) is 1. The highest BCUT2D eigenvalue weighted by Crippen LogP contribution is 2.15. The predicted molar refractivity (Wildman–Crippen MR) is 68.6 cm³/mol. The third-order valence-corrected chi connectivity index (χ3v) is 2.79. The van der Waals surface area contributed by atoms with Crippen LogP contribution in [-0.4, -0.2) is 20.9 Å². The minimum absolute atomic E-state index is 0.142. The van der Waals surface area contributed by atoms with Gasteiger partial charge < -0.3 is 10.4 Å². The number of hydrogen-bond donors (Lipinski definition) is 2. The van der Waals surface area contributed by atoms with Gasteiger partial charge in [-0.05, 0) is 30.7 Å². The molecule has 0 spiro atoms. The zero-order valence-corrected chi connectivity index (χ0v) is 10.6. The van der Waals surface area contributed by atoms with Crippen molar-refractivity contribution in [1.82, 2.24) is 9.78 Å². The maximum atomic E-state index is 13.2. The lowest BCUT2D eigenvalue weighted by Crippen LogP contribution is -2.10. The normalized spacial score (nSPS) is 10.5. The number of benzene rings is 1. The molecule has 1 heterocycles. The molecule has 0 aliphatic rings. The lowest BCUT2D eigenvalue weighted by Gasteiger charge is -2.09. The van der Waals surface area contributed by atoms with Gasteiger partial charge in [-0.2, -0.15) is 5.10 Å². The van der Waals surface area contributed by atoms with E-state index in [0.717, 1.165) is 5.56 Å². The number of carboxylic acids is 1. The number of halogens is 1. The molecule has 5 nitrogen and oxygen atoms in total. The zero-order valence-electron chi connectivity index (χ0n) is 10.6. The minimum Gasteiger partial charge on any atom is -0.478 e. The Morgan fingerprint density at radius 3 is 2.84 bits per heavy atom. The van der Waals surface area contributed by atoms with Crippen LogP contribution in [0.4, 0.5) is 10.1 Å². The Morgan fingerprint density at radius 1 is 1.47 bits per heavy atom. The maximum absolute atomic E-state index is 13.2. The summed E-state index contributed by atoms with van der Waals surface area (Å²) >= 11 is 0. The Bertz CT molecular complexity index is 602. The summed E-state index contributed by atoms with van der Waals surface area (Å²) < 4.78 is 14.7. The van der Waals surface area contributed by atoms with Gasteiger partial charge in [0.15, 0.2) is 0 Å². The molecule has 1 aromatic carbocycles. The van der Waals surface area contributed by atoms with Crippen molar-refractivity contribution in [3.8, 4) is 0 Å². The van der Waals surface area contributed by atoms with Crippen molar-refractivity contribution >= 4 is 11.7 Å². The summed E-state index contributed by atoms with van der Waals surface area (Å²) in [7, 11) is 1.67. The number of nitrogens with zero attached hydrogens (tertiary/aromatic N) is 2. The van der Waals surface area contributed by atoms with Gasteiger partial charge in [0.05, 0.1) is 18.4 Å². The van der Waals surface area contributed by atoms with E-state index in [0.29, 0.717) is 11.4 Å². The molecule has 0 fully saturated rings. The molecule has 0 bridgehead atoms. The Labute approximate surface area is 109 Å². The van der Waals surface area contributed by atoms with Gasteiger partial charge in [0.2, 0.25) is 0 Å². The zero-order chi connectivity index (χ0) is 14.0. The Balaban J connectivity index is 2.18. The van der Waals surface area contributed by atoms with E-state index < -0.39 is 5.97 Å². The molecule has 0 aliphatic heterocycles. The van der Waals surface area contributed by atoms with Gasteiger partial charge >= 0.3 is 5.97 Å². The first-order valence-electron chi connectivity index (χ1n) is 5.72. The molecule has 0 unspecified atom stereocenters. The Hall–Kier alpha value is -2.37. The van der Waals surface area contributed by atoms with Crippen molar-refractivity contribution < 1.29 is 14.3 Å². The third-order valence-electron chi connectivity index (χ3n) is 2.79. The molecule has 0 saturated heterocycles. The van der Waals surface area contributed by atoms with Crippen LogP contribution in [0, 0.1) is 12.7 Å². The van der Waals surface area contributed by atoms with Crippen LogP contribution in [0.3, 0.4) is 0 Å². The number of hydrogen-bond acceptors (Lipinski definition) is 3. The molecule has 0 atom stereocenters. The largest absolute Gasteiger partial charge is 0.478 e. The van der Waals surface area contributed by atoms with Crippen molar-refractivity contribution in [1.29, 1.82) is 0 Å². The number of anilines is 1. The molecule has 0 radical (unpaired) electrons. The van der Waals surface area contributed by atoms with Crippen LogP contribution in [-0.2, 0) is 13.6 Å². The molecule has 0 saturated carbocycles. The molecule has 1 aromatic heterocycles. The summed E-state index contributed by atoms with van der Waals surface area (Å²) in [4.78, 5) is 11.0. The highest BCUT2D eigenvalue weighted by atomic mass is 19.1. The fourth-order valence-corrected chi connectivity index (χ4v) is 1.88. The average Bonchev–Trinajstić information content (AvgIpc) is 2.67. The third kappa shape index (κ3) is 2.90. The Kier molecular flexibility index (Phi) is 3.50. The molecule has 0 amide bonds. The SMILES string of the molecule is Cc1cc(F)cc(NCc2c(C(=O)O)cnn2C)c1. The van der Waals surface area contributed by atoms with Gasteiger partial charge in [0, 0.05) is 12.7 Å². The van der Waals surface area contributed by atoms with Crippen LogP contribution in [0.25, 0.3) is 0 Å². The molecule has 0 aliphatic carbocycles. The van der Waals surface area contributed by atoms with E-state index in [-0.39, 0.29) is 17.9 Å². The number of nitrogens with one attached hydrogen (secondary N) is 1. The van der Waals surface area contributed by atoms with Gasteiger partial charge in [0.25, 0.3) is 0 Å². The summed E-state index contributed by atoms with van der Waals surface area (Å²) in [6.07, 6.45) is 1.30. The first kappa shape index (κ1) is 13.1. The smallest absolute Gasteiger partial charge is 0.339 e. The van der Waals surface area contributed by atoms with E-state index in [4.69, 9.17) is 5.11 Å². The molecule has 6 heteroatoms. The van der Waals surface area contributed by atoms with E-state index >= 15 is 0 Å². The number of carbonyl (C=O) groups is 1. The first-order valence-corrected chi connectivity index (χ1v) is 5.72. The van der Waals surface area contributed by atoms with Gasteiger partial charge in [-0.3, -0.25) is 4.68 Å². The average molecular weight is 263 g/mol. The standard InChI is InChI=1S/C13H14FN3O2/c1-8-3-9(14)5-10(4-8)15-7-12-11(13(18)19)6-16-17(12)2/h3-6,15H,7H2,1-2H3,(H,18,19). The second-order valence-corrected chi connectivity index (χ2v) is 4.30. The number of aromatic carboxylic acids is 1. The van der Waals surface area contributed by atoms with Crippen molar-refractivity contribution in [2.75, 3.05) is 5.32 Å². The number of aromatic nitrogens is 2. The minimum atomic E-state index is -1.03. The summed E-state index contributed by atoms with van der Waals surface area (Å²) in [5, 5.41) is 15.9. The number of aryl methyl sites for hydroxylation is 2. The van der Waals surface area contributed by atoms with E-state index in [1.54, 1.807) is 20.0 Å². The van der Waals surface area contributed by atoms with Gasteiger partial charge in [-0.15, -0.1) is 0 Å². The second-order valence-electron chi connectivity index (χ2n) is 4.30. The van der Waals surface area contributed by atoms with E-state index in [9.17, 15) is 9.18 Å². The first-order chi connectivity index (χ1) is 8.97. The highest BCUT2D eigenvalue weighted by molar-refractivity contribution is 5.88. The van der Waals surface area contributed by atoms with Crippen LogP contribution >= 0.6 is 0 Å². The monoisotopic (exact) mass is 263 g/mol. The molecule has 2 aromatic rings. The second kappa shape index (κ2) is 5.09. The van der Waals surface area contributed by atoms with Crippen LogP contribution in [0.1, 0.15) is 21.6 Å². The Morgan fingerprint density at radius 2 is 2.21 bits per heavy atom. The van der Waals surface area contributed by atoms with E-state index in [1.165, 1.54) is 23.0 Å². The number of rotatable bonds is 4. The van der Waals surface area contributed by atoms with Crippen molar-refractivity contribution in [3.63, 3.8) is 0 Å². The molecular formula is C13H14FN3O2. The summed E-state index contributed by atoms with van der Waals surface area (Å²) in [5.41, 5.74) is 2.08. The molecule has 2 rings (SSSR count). The van der Waals surface area contributed by atoms with Crippen LogP contribution in [0.15, 0.2) is 24.4 Å². The van der Waals surface area contributed by atoms with Crippen molar-refractivity contribution in [3.05, 3.63) is 47.0 Å². The van der Waals surface area contributed by atoms with Gasteiger partial charge in [-0.25, -0.2) is 9.18 Å². The summed E-state index contributed by atoms with van der Waals surface area (Å²) in [5.74, 6) is -1.36. The van der Waals surface area contributed by atoms with E-state index in [1.807, 2.05) is 0 Å². The van der Waals surface area contributed by atoms with Crippen molar-refractivity contribution in [2.45, 2.75) is 13.5 Å². The lowest BCUT2D eigenvalue weighted by molar-refractivity contribution is 0.0695. The molecule has 2 N–H and O–H groups in total. The van der Waals surface area contributed by atoms with Gasteiger partial charge in [0.1, 0.15) is 11.4 Å². The molecule has 100 valence electrons. The van der Waals surface area contributed by atoms with Gasteiger partial charge in [-0.1, -0.05) is 0 Å². The molecule has 19 heavy (non-hydrogen) atoms. The topological polar surface area (TPSA) is 67.2 Å². The van der Waals surface area contributed by atoms with E-state index in [2.05, 4.69) is 10.4 Å². The predicted octanol–water partition coefficient (Wildman–Crippen LogP) is 2.18. The highest BCUT2D eigenvalue weighted by Gasteiger charge is 2.14. The summed E-state index contributed by atoms with van der Waals surface area (Å²) in [6.45, 7) is 2.06. The van der Waals surface area contributed by atoms with Crippen LogP contribution < -0.4 is 5.32 Å². The lowest BCUT2D eigenvalue weighted by atomic mass is 10.2. The summed E-state index contributed by atoms with van der Waals surface area (Å²) in [6, 6.07) is 4.58. The fourth-order valence-electron chi connectivity index (χ4n) is 1.88. The molecular weight excluding hydrogens is 249 g/mol. The quantitative estimate of drug-likeness (QED) is 0.887. The van der Waals surface area contributed by atoms with Crippen LogP contribution in [0.2, 0.25) is 0 Å². The fraction of sp³-hybridized carbons (Fsp3) is 0.231.